The summed E-state index contributed by atoms with van der Waals surface area (Å²) >= 11 is 0. The van der Waals surface area contributed by atoms with Crippen molar-refractivity contribution in [2.45, 2.75) is 12.3 Å². The number of nitrogens with zero attached hydrogens (tertiary/aromatic N) is 3. The number of benzene rings is 1. The van der Waals surface area contributed by atoms with E-state index in [1.807, 2.05) is 0 Å². The standard InChI is InChI=1S/C10H11N5O4S/c16-15(17)9-3-1-8(2-4-9)6-20(18,19)13-5-10-11-7-12-14-10/h1-4,7,13H,5-6H2,(H,11,12,14). The molecule has 0 saturated carbocycles. The van der Waals surface area contributed by atoms with Crippen molar-refractivity contribution >= 4 is 15.7 Å². The third kappa shape index (κ3) is 3.83. The van der Waals surface area contributed by atoms with Crippen LogP contribution in [0.3, 0.4) is 0 Å². The van der Waals surface area contributed by atoms with Crippen molar-refractivity contribution in [2.75, 3.05) is 0 Å². The summed E-state index contributed by atoms with van der Waals surface area (Å²) in [7, 11) is -3.55. The molecule has 0 radical (unpaired) electrons. The molecule has 0 bridgehead atoms. The summed E-state index contributed by atoms with van der Waals surface area (Å²) in [6.07, 6.45) is 1.28. The lowest BCUT2D eigenvalue weighted by molar-refractivity contribution is -0.384. The third-order valence-electron chi connectivity index (χ3n) is 2.43. The molecule has 1 heterocycles. The molecule has 0 fully saturated rings. The number of rotatable bonds is 6. The van der Waals surface area contributed by atoms with E-state index in [1.165, 1.54) is 30.6 Å². The van der Waals surface area contributed by atoms with Crippen LogP contribution in [0, 0.1) is 10.1 Å². The lowest BCUT2D eigenvalue weighted by Crippen LogP contribution is -2.25. The molecule has 0 spiro atoms. The fourth-order valence-corrected chi connectivity index (χ4v) is 2.57. The quantitative estimate of drug-likeness (QED) is 0.583. The minimum Gasteiger partial charge on any atom is -0.262 e. The molecule has 2 aromatic rings. The summed E-state index contributed by atoms with van der Waals surface area (Å²) in [6, 6.07) is 5.35. The van der Waals surface area contributed by atoms with E-state index >= 15 is 0 Å². The smallest absolute Gasteiger partial charge is 0.262 e. The molecular weight excluding hydrogens is 286 g/mol. The van der Waals surface area contributed by atoms with Crippen LogP contribution in [0.4, 0.5) is 5.69 Å². The molecule has 0 saturated heterocycles. The van der Waals surface area contributed by atoms with Crippen LogP contribution in [-0.4, -0.2) is 28.5 Å². The van der Waals surface area contributed by atoms with Gasteiger partial charge in [-0.15, -0.1) is 0 Å². The number of nitro groups is 1. The molecule has 2 rings (SSSR count). The monoisotopic (exact) mass is 297 g/mol. The topological polar surface area (TPSA) is 131 Å². The number of hydrogen-bond donors (Lipinski definition) is 2. The van der Waals surface area contributed by atoms with Gasteiger partial charge in [-0.25, -0.2) is 18.1 Å². The minimum atomic E-state index is -3.55. The Morgan fingerprint density at radius 1 is 1.30 bits per heavy atom. The van der Waals surface area contributed by atoms with Gasteiger partial charge in [0.25, 0.3) is 5.69 Å². The van der Waals surface area contributed by atoms with Crippen LogP contribution < -0.4 is 4.72 Å². The van der Waals surface area contributed by atoms with E-state index in [4.69, 9.17) is 0 Å². The number of aromatic nitrogens is 3. The lowest BCUT2D eigenvalue weighted by atomic mass is 10.2. The molecule has 2 N–H and O–H groups in total. The second-order valence-electron chi connectivity index (χ2n) is 3.94. The third-order valence-corrected chi connectivity index (χ3v) is 3.73. The van der Waals surface area contributed by atoms with Gasteiger partial charge in [-0.3, -0.25) is 15.2 Å². The van der Waals surface area contributed by atoms with E-state index in [0.29, 0.717) is 11.4 Å². The van der Waals surface area contributed by atoms with E-state index in [9.17, 15) is 18.5 Å². The summed E-state index contributed by atoms with van der Waals surface area (Å²) in [5.41, 5.74) is 0.376. The van der Waals surface area contributed by atoms with Crippen LogP contribution in [0.2, 0.25) is 0 Å². The Morgan fingerprint density at radius 3 is 2.55 bits per heavy atom. The zero-order valence-corrected chi connectivity index (χ0v) is 11.0. The number of non-ortho nitro benzene ring substituents is 1. The first-order valence-corrected chi connectivity index (χ1v) is 7.16. The maximum absolute atomic E-state index is 11.8. The Bertz CT molecular complexity index is 681. The first kappa shape index (κ1) is 14.1. The molecule has 0 aliphatic rings. The van der Waals surface area contributed by atoms with Crippen molar-refractivity contribution in [3.05, 3.63) is 52.1 Å². The average Bonchev–Trinajstić information content (AvgIpc) is 2.90. The van der Waals surface area contributed by atoms with Gasteiger partial charge in [-0.2, -0.15) is 5.10 Å². The summed E-state index contributed by atoms with van der Waals surface area (Å²) < 4.78 is 26.0. The predicted molar refractivity (Wildman–Crippen MR) is 68.9 cm³/mol. The Hall–Kier alpha value is -2.33. The summed E-state index contributed by atoms with van der Waals surface area (Å²) in [5.74, 6) is 0.136. The van der Waals surface area contributed by atoms with Gasteiger partial charge in [0.15, 0.2) is 0 Å². The maximum atomic E-state index is 11.8. The van der Waals surface area contributed by atoms with Gasteiger partial charge in [0.05, 0.1) is 17.2 Å². The van der Waals surface area contributed by atoms with Crippen molar-refractivity contribution in [1.82, 2.24) is 19.9 Å². The fraction of sp³-hybridized carbons (Fsp3) is 0.200. The van der Waals surface area contributed by atoms with Crippen LogP contribution in [0.5, 0.6) is 0 Å². The van der Waals surface area contributed by atoms with E-state index in [-0.39, 0.29) is 18.0 Å². The Kier molecular flexibility index (Phi) is 4.05. The molecule has 1 aromatic heterocycles. The predicted octanol–water partition coefficient (Wildman–Crippen LogP) is 0.332. The van der Waals surface area contributed by atoms with Crippen molar-refractivity contribution < 1.29 is 13.3 Å². The number of nitrogens with one attached hydrogen (secondary N) is 2. The molecule has 106 valence electrons. The van der Waals surface area contributed by atoms with Gasteiger partial charge in [0, 0.05) is 12.1 Å². The number of hydrogen-bond acceptors (Lipinski definition) is 6. The minimum absolute atomic E-state index is 0.00924. The van der Waals surface area contributed by atoms with E-state index < -0.39 is 14.9 Å². The summed E-state index contributed by atoms with van der Waals surface area (Å²) in [5, 5.41) is 16.6. The van der Waals surface area contributed by atoms with Gasteiger partial charge in [-0.1, -0.05) is 12.1 Å². The summed E-state index contributed by atoms with van der Waals surface area (Å²) in [4.78, 5) is 13.7. The number of H-pyrrole nitrogens is 1. The van der Waals surface area contributed by atoms with E-state index in [2.05, 4.69) is 19.9 Å². The van der Waals surface area contributed by atoms with Crippen LogP contribution in [0.15, 0.2) is 30.6 Å². The zero-order chi connectivity index (χ0) is 14.6. The normalized spacial score (nSPS) is 11.4. The van der Waals surface area contributed by atoms with Crippen molar-refractivity contribution in [3.63, 3.8) is 0 Å². The highest BCUT2D eigenvalue weighted by Gasteiger charge is 2.13. The Balaban J connectivity index is 1.98. The van der Waals surface area contributed by atoms with E-state index in [1.54, 1.807) is 0 Å². The maximum Gasteiger partial charge on any atom is 0.269 e. The van der Waals surface area contributed by atoms with Crippen LogP contribution in [-0.2, 0) is 22.3 Å². The molecule has 0 unspecified atom stereocenters. The highest BCUT2D eigenvalue weighted by Crippen LogP contribution is 2.13. The molecule has 0 amide bonds. The van der Waals surface area contributed by atoms with Crippen LogP contribution in [0.1, 0.15) is 11.4 Å². The van der Waals surface area contributed by atoms with Gasteiger partial charge in [0.1, 0.15) is 12.2 Å². The van der Waals surface area contributed by atoms with Crippen molar-refractivity contribution in [3.8, 4) is 0 Å². The van der Waals surface area contributed by atoms with Gasteiger partial charge < -0.3 is 0 Å². The summed E-state index contributed by atoms with van der Waals surface area (Å²) in [6.45, 7) is 0.00924. The lowest BCUT2D eigenvalue weighted by Gasteiger charge is -2.05. The van der Waals surface area contributed by atoms with Crippen molar-refractivity contribution in [2.24, 2.45) is 0 Å². The Morgan fingerprint density at radius 2 is 2.00 bits per heavy atom. The molecule has 0 atom stereocenters. The first-order valence-electron chi connectivity index (χ1n) is 5.51. The van der Waals surface area contributed by atoms with E-state index in [0.717, 1.165) is 0 Å². The highest BCUT2D eigenvalue weighted by atomic mass is 32.2. The van der Waals surface area contributed by atoms with Crippen molar-refractivity contribution in [1.29, 1.82) is 0 Å². The SMILES string of the molecule is O=[N+]([O-])c1ccc(CS(=O)(=O)NCc2ncn[nH]2)cc1. The molecule has 9 nitrogen and oxygen atoms in total. The average molecular weight is 297 g/mol. The largest absolute Gasteiger partial charge is 0.269 e. The molecular formula is C10H11N5O4S. The molecule has 0 aliphatic heterocycles. The molecule has 10 heteroatoms. The fourth-order valence-electron chi connectivity index (χ4n) is 1.48. The molecule has 0 aliphatic carbocycles. The molecule has 20 heavy (non-hydrogen) atoms. The number of aromatic amines is 1. The number of sulfonamides is 1. The van der Waals surface area contributed by atoms with Crippen LogP contribution >= 0.6 is 0 Å². The van der Waals surface area contributed by atoms with Crippen LogP contribution in [0.25, 0.3) is 0 Å². The van der Waals surface area contributed by atoms with Gasteiger partial charge in [0.2, 0.25) is 10.0 Å². The highest BCUT2D eigenvalue weighted by molar-refractivity contribution is 7.88. The zero-order valence-electron chi connectivity index (χ0n) is 10.2. The van der Waals surface area contributed by atoms with Gasteiger partial charge in [-0.05, 0) is 5.56 Å². The Labute approximate surface area is 114 Å². The first-order chi connectivity index (χ1) is 9.46. The second kappa shape index (κ2) is 5.75. The second-order valence-corrected chi connectivity index (χ2v) is 5.74. The number of nitro benzene ring substituents is 1. The molecule has 1 aromatic carbocycles. The van der Waals surface area contributed by atoms with Gasteiger partial charge >= 0.3 is 0 Å².